The summed E-state index contributed by atoms with van der Waals surface area (Å²) in [5.41, 5.74) is 3.71. The van der Waals surface area contributed by atoms with Gasteiger partial charge in [0.1, 0.15) is 5.75 Å². The second kappa shape index (κ2) is 5.41. The molecular weight excluding hydrogens is 260 g/mol. The monoisotopic (exact) mass is 279 g/mol. The molecule has 0 spiro atoms. The van der Waals surface area contributed by atoms with Gasteiger partial charge < -0.3 is 15.0 Å². The predicted octanol–water partition coefficient (Wildman–Crippen LogP) is 2.71. The number of hydrogen-bond donors (Lipinski definition) is 1. The van der Waals surface area contributed by atoms with Crippen LogP contribution in [0.5, 0.6) is 5.75 Å². The van der Waals surface area contributed by atoms with Gasteiger partial charge in [0.05, 0.1) is 12.3 Å². The average Bonchev–Trinajstić information content (AvgIpc) is 2.74. The lowest BCUT2D eigenvalue weighted by atomic mass is 10.0. The van der Waals surface area contributed by atoms with E-state index in [-0.39, 0.29) is 0 Å². The molecule has 4 rings (SSSR count). The molecule has 3 nitrogen and oxygen atoms in total. The van der Waals surface area contributed by atoms with Crippen LogP contribution in [0, 0.1) is 6.07 Å². The van der Waals surface area contributed by atoms with E-state index in [1.54, 1.807) is 0 Å². The van der Waals surface area contributed by atoms with Gasteiger partial charge in [-0.25, -0.2) is 0 Å². The maximum atomic E-state index is 5.96. The fourth-order valence-corrected chi connectivity index (χ4v) is 3.26. The van der Waals surface area contributed by atoms with Crippen molar-refractivity contribution in [2.75, 3.05) is 31.1 Å². The number of nitrogens with one attached hydrogen (secondary N) is 1. The topological polar surface area (TPSA) is 24.5 Å². The van der Waals surface area contributed by atoms with Crippen molar-refractivity contribution >= 4 is 5.69 Å². The molecule has 3 heteroatoms. The first-order valence-corrected chi connectivity index (χ1v) is 7.62. The Morgan fingerprint density at radius 3 is 2.95 bits per heavy atom. The van der Waals surface area contributed by atoms with E-state index < -0.39 is 0 Å². The molecule has 0 aromatic heterocycles. The molecule has 2 aromatic rings. The summed E-state index contributed by atoms with van der Waals surface area (Å²) in [4.78, 5) is 2.51. The summed E-state index contributed by atoms with van der Waals surface area (Å²) in [6, 6.07) is 18.3. The molecule has 1 fully saturated rings. The Morgan fingerprint density at radius 1 is 1.14 bits per heavy atom. The number of piperazine rings is 1. The molecule has 0 bridgehead atoms. The van der Waals surface area contributed by atoms with E-state index in [4.69, 9.17) is 4.74 Å². The van der Waals surface area contributed by atoms with Crippen molar-refractivity contribution in [1.29, 1.82) is 0 Å². The van der Waals surface area contributed by atoms with Crippen LogP contribution >= 0.6 is 0 Å². The Labute approximate surface area is 125 Å². The summed E-state index contributed by atoms with van der Waals surface area (Å²) in [5.74, 6) is 1.02. The van der Waals surface area contributed by atoms with Crippen molar-refractivity contribution in [1.82, 2.24) is 5.32 Å². The fourth-order valence-electron chi connectivity index (χ4n) is 3.26. The summed E-state index contributed by atoms with van der Waals surface area (Å²) in [7, 11) is 0. The van der Waals surface area contributed by atoms with E-state index in [0.29, 0.717) is 6.04 Å². The number of hydrogen-bond acceptors (Lipinski definition) is 3. The number of fused-ring (bicyclic) bond motifs is 3. The smallest absolute Gasteiger partial charge is 0.142 e. The van der Waals surface area contributed by atoms with Crippen molar-refractivity contribution in [2.45, 2.75) is 12.5 Å². The lowest BCUT2D eigenvalue weighted by Crippen LogP contribution is -2.51. The molecule has 2 aromatic carbocycles. The Balaban J connectivity index is 1.77. The average molecular weight is 279 g/mol. The van der Waals surface area contributed by atoms with Crippen molar-refractivity contribution in [3.05, 3.63) is 48.5 Å². The fraction of sp³-hybridized carbons (Fsp3) is 0.333. The van der Waals surface area contributed by atoms with Crippen LogP contribution in [0.15, 0.2) is 42.5 Å². The number of rotatable bonds is 1. The third-order valence-electron chi connectivity index (χ3n) is 4.38. The lowest BCUT2D eigenvalue weighted by Gasteiger charge is -2.36. The summed E-state index contributed by atoms with van der Waals surface area (Å²) >= 11 is 0. The van der Waals surface area contributed by atoms with Crippen LogP contribution in [0.3, 0.4) is 0 Å². The molecule has 107 valence electrons. The van der Waals surface area contributed by atoms with Crippen molar-refractivity contribution in [3.8, 4) is 16.9 Å². The van der Waals surface area contributed by atoms with E-state index in [1.807, 2.05) is 12.1 Å². The highest BCUT2D eigenvalue weighted by atomic mass is 16.5. The number of benzene rings is 2. The molecule has 2 heterocycles. The molecule has 21 heavy (non-hydrogen) atoms. The third-order valence-corrected chi connectivity index (χ3v) is 4.38. The van der Waals surface area contributed by atoms with Crippen molar-refractivity contribution in [3.63, 3.8) is 0 Å². The van der Waals surface area contributed by atoms with E-state index >= 15 is 0 Å². The van der Waals surface area contributed by atoms with Gasteiger partial charge in [-0.05, 0) is 29.3 Å². The Bertz CT molecular complexity index is 626. The van der Waals surface area contributed by atoms with Crippen LogP contribution in [0.2, 0.25) is 0 Å². The Morgan fingerprint density at radius 2 is 2.05 bits per heavy atom. The zero-order valence-corrected chi connectivity index (χ0v) is 12.0. The standard InChI is InChI=1S/C18H19N2O/c1-2-4-14(5-3-1)15-6-7-18-17(12-15)20-10-9-19-13-16(20)8-11-21-18/h2-7,12,16,19H,8-11,13H2/t16-/m0/s1. The highest BCUT2D eigenvalue weighted by Crippen LogP contribution is 2.37. The van der Waals surface area contributed by atoms with Crippen LogP contribution < -0.4 is 15.0 Å². The minimum atomic E-state index is 0.541. The van der Waals surface area contributed by atoms with Gasteiger partial charge in [0, 0.05) is 32.1 Å². The van der Waals surface area contributed by atoms with E-state index in [2.05, 4.69) is 46.6 Å². The molecule has 0 unspecified atom stereocenters. The van der Waals surface area contributed by atoms with Crippen LogP contribution in [0.1, 0.15) is 6.42 Å². The van der Waals surface area contributed by atoms with Crippen LogP contribution in [0.25, 0.3) is 11.1 Å². The summed E-state index contributed by atoms with van der Waals surface area (Å²) in [6.45, 7) is 3.94. The first kappa shape index (κ1) is 12.7. The van der Waals surface area contributed by atoms with Crippen molar-refractivity contribution in [2.24, 2.45) is 0 Å². The molecule has 0 saturated carbocycles. The predicted molar refractivity (Wildman–Crippen MR) is 84.8 cm³/mol. The van der Waals surface area contributed by atoms with Gasteiger partial charge in [-0.15, -0.1) is 0 Å². The highest BCUT2D eigenvalue weighted by molar-refractivity contribution is 5.73. The second-order valence-corrected chi connectivity index (χ2v) is 5.66. The number of anilines is 1. The van der Waals surface area contributed by atoms with Crippen LogP contribution in [-0.4, -0.2) is 32.3 Å². The third kappa shape index (κ3) is 2.38. The minimum Gasteiger partial charge on any atom is -0.491 e. The van der Waals surface area contributed by atoms with Crippen molar-refractivity contribution < 1.29 is 4.74 Å². The number of ether oxygens (including phenoxy) is 1. The molecule has 0 aliphatic carbocycles. The summed E-state index contributed by atoms with van der Waals surface area (Å²) in [5, 5.41) is 3.49. The maximum absolute atomic E-state index is 5.96. The molecule has 2 aliphatic rings. The summed E-state index contributed by atoms with van der Waals surface area (Å²) in [6.07, 6.45) is 1.08. The zero-order chi connectivity index (χ0) is 14.1. The van der Waals surface area contributed by atoms with Gasteiger partial charge in [-0.1, -0.05) is 30.3 Å². The van der Waals surface area contributed by atoms with E-state index in [1.165, 1.54) is 16.8 Å². The SMILES string of the molecule is [c]1ccc(-c2ccc3c(c2)N2CCNC[C@@H]2CCO3)cc1. The Kier molecular flexibility index (Phi) is 3.28. The second-order valence-electron chi connectivity index (χ2n) is 5.66. The van der Waals surface area contributed by atoms with Gasteiger partial charge in [-0.2, -0.15) is 0 Å². The molecule has 0 amide bonds. The van der Waals surface area contributed by atoms with Gasteiger partial charge in [0.15, 0.2) is 0 Å². The maximum Gasteiger partial charge on any atom is 0.142 e. The van der Waals surface area contributed by atoms with Gasteiger partial charge in [-0.3, -0.25) is 0 Å². The first-order chi connectivity index (χ1) is 10.4. The van der Waals surface area contributed by atoms with Gasteiger partial charge in [0.25, 0.3) is 0 Å². The number of nitrogens with zero attached hydrogens (tertiary/aromatic N) is 1. The minimum absolute atomic E-state index is 0.541. The molecule has 1 atom stereocenters. The molecule has 2 aliphatic heterocycles. The first-order valence-electron chi connectivity index (χ1n) is 7.62. The van der Waals surface area contributed by atoms with E-state index in [9.17, 15) is 0 Å². The highest BCUT2D eigenvalue weighted by Gasteiger charge is 2.27. The van der Waals surface area contributed by atoms with Crippen LogP contribution in [0.4, 0.5) is 5.69 Å². The Hall–Kier alpha value is -2.00. The molecule has 1 saturated heterocycles. The normalized spacial score (nSPS) is 21.0. The quantitative estimate of drug-likeness (QED) is 0.868. The molecular formula is C18H19N2O. The zero-order valence-electron chi connectivity index (χ0n) is 12.0. The molecule has 1 radical (unpaired) electrons. The summed E-state index contributed by atoms with van der Waals surface area (Å²) < 4.78 is 5.96. The van der Waals surface area contributed by atoms with Gasteiger partial charge >= 0.3 is 0 Å². The largest absolute Gasteiger partial charge is 0.491 e. The lowest BCUT2D eigenvalue weighted by molar-refractivity contribution is 0.304. The molecule has 1 N–H and O–H groups in total. The van der Waals surface area contributed by atoms with Gasteiger partial charge in [0.2, 0.25) is 0 Å². The van der Waals surface area contributed by atoms with Crippen LogP contribution in [-0.2, 0) is 0 Å². The van der Waals surface area contributed by atoms with E-state index in [0.717, 1.165) is 38.4 Å².